The van der Waals surface area contributed by atoms with E-state index in [1.54, 1.807) is 0 Å². The van der Waals surface area contributed by atoms with Crippen LogP contribution in [-0.4, -0.2) is 37.1 Å². The minimum atomic E-state index is -0.180. The molecule has 0 aliphatic carbocycles. The number of carbonyl (C=O) groups is 1. The molecule has 0 spiro atoms. The van der Waals surface area contributed by atoms with Gasteiger partial charge in [0.25, 0.3) is 0 Å². The first-order valence-corrected chi connectivity index (χ1v) is 7.24. The minimum Gasteiger partial charge on any atom is -0.466 e. The lowest BCUT2D eigenvalue weighted by molar-refractivity contribution is -0.136. The summed E-state index contributed by atoms with van der Waals surface area (Å²) in [7, 11) is 1.45. The van der Waals surface area contributed by atoms with Crippen molar-refractivity contribution >= 4 is 5.97 Å². The Hall–Kier alpha value is -0.830. The van der Waals surface area contributed by atoms with E-state index >= 15 is 0 Å². The van der Waals surface area contributed by atoms with Gasteiger partial charge in [0.1, 0.15) is 0 Å². The molecule has 1 atom stereocenters. The molecular formula is C15H27NO2. The van der Waals surface area contributed by atoms with E-state index in [-0.39, 0.29) is 5.97 Å². The van der Waals surface area contributed by atoms with Crippen LogP contribution < -0.4 is 0 Å². The van der Waals surface area contributed by atoms with Gasteiger partial charge in [0.2, 0.25) is 0 Å². The summed E-state index contributed by atoms with van der Waals surface area (Å²) in [5.41, 5.74) is 0.802. The van der Waals surface area contributed by atoms with E-state index in [1.807, 2.05) is 6.92 Å². The third-order valence-electron chi connectivity index (χ3n) is 3.87. The van der Waals surface area contributed by atoms with Crippen molar-refractivity contribution in [2.24, 2.45) is 0 Å². The molecule has 0 aromatic heterocycles. The molecular weight excluding hydrogens is 226 g/mol. The average Bonchev–Trinajstić information content (AvgIpc) is 2.63. The number of nitrogens with zero attached hydrogens (tertiary/aromatic N) is 1. The van der Waals surface area contributed by atoms with Crippen LogP contribution in [0.4, 0.5) is 0 Å². The van der Waals surface area contributed by atoms with Crippen LogP contribution in [0.5, 0.6) is 0 Å². The number of likely N-dealkylation sites (tertiary alicyclic amines) is 1. The Morgan fingerprint density at radius 2 is 2.11 bits per heavy atom. The maximum absolute atomic E-state index is 11.5. The predicted octanol–water partition coefficient (Wildman–Crippen LogP) is 3.15. The first-order valence-electron chi connectivity index (χ1n) is 7.24. The van der Waals surface area contributed by atoms with Gasteiger partial charge in [-0.15, -0.1) is 0 Å². The summed E-state index contributed by atoms with van der Waals surface area (Å²) >= 11 is 0. The zero-order valence-electron chi connectivity index (χ0n) is 12.1. The van der Waals surface area contributed by atoms with E-state index < -0.39 is 0 Å². The number of hydrogen-bond acceptors (Lipinski definition) is 3. The number of esters is 1. The Labute approximate surface area is 111 Å². The molecule has 1 saturated heterocycles. The van der Waals surface area contributed by atoms with Crippen molar-refractivity contribution in [3.63, 3.8) is 0 Å². The third kappa shape index (κ3) is 4.45. The topological polar surface area (TPSA) is 29.5 Å². The number of hydrogen-bond donors (Lipinski definition) is 0. The molecule has 1 rings (SSSR count). The van der Waals surface area contributed by atoms with Gasteiger partial charge in [0, 0.05) is 18.2 Å². The summed E-state index contributed by atoms with van der Waals surface area (Å²) in [5, 5.41) is 0. The van der Waals surface area contributed by atoms with E-state index in [4.69, 9.17) is 4.74 Å². The lowest BCUT2D eigenvalue weighted by Gasteiger charge is -2.28. The van der Waals surface area contributed by atoms with Crippen LogP contribution in [0, 0.1) is 0 Å². The zero-order valence-corrected chi connectivity index (χ0v) is 12.1. The molecule has 1 fully saturated rings. The van der Waals surface area contributed by atoms with Crippen LogP contribution in [0.3, 0.4) is 0 Å². The fraction of sp³-hybridized carbons (Fsp3) is 0.800. The van der Waals surface area contributed by atoms with Gasteiger partial charge >= 0.3 is 5.97 Å². The quantitative estimate of drug-likeness (QED) is 0.557. The van der Waals surface area contributed by atoms with Gasteiger partial charge in [-0.05, 0) is 32.2 Å². The molecule has 3 heteroatoms. The maximum Gasteiger partial charge on any atom is 0.333 e. The maximum atomic E-state index is 11.5. The molecule has 1 aliphatic heterocycles. The molecule has 1 unspecified atom stereocenters. The van der Waals surface area contributed by atoms with Gasteiger partial charge in [-0.1, -0.05) is 32.8 Å². The molecule has 0 aromatic rings. The van der Waals surface area contributed by atoms with Crippen LogP contribution in [0.2, 0.25) is 0 Å². The second kappa shape index (κ2) is 8.30. The molecule has 1 heterocycles. The third-order valence-corrected chi connectivity index (χ3v) is 3.87. The van der Waals surface area contributed by atoms with Gasteiger partial charge in [-0.2, -0.15) is 0 Å². The lowest BCUT2D eigenvalue weighted by atomic mass is 10.1. The SMILES string of the molecule is CC/C(=C/CN1CCCCCC1CC)C(=O)OC. The van der Waals surface area contributed by atoms with Gasteiger partial charge in [0.15, 0.2) is 0 Å². The standard InChI is InChI=1S/C15H27NO2/c1-4-13(15(17)18-3)10-12-16-11-8-6-7-9-14(16)5-2/h10,14H,4-9,11-12H2,1-3H3/b13-10-. The van der Waals surface area contributed by atoms with E-state index in [2.05, 4.69) is 17.9 Å². The summed E-state index contributed by atoms with van der Waals surface area (Å²) in [6.07, 6.45) is 9.27. The fourth-order valence-corrected chi connectivity index (χ4v) is 2.67. The summed E-state index contributed by atoms with van der Waals surface area (Å²) in [5.74, 6) is -0.180. The zero-order chi connectivity index (χ0) is 13.4. The highest BCUT2D eigenvalue weighted by Crippen LogP contribution is 2.19. The smallest absolute Gasteiger partial charge is 0.333 e. The molecule has 18 heavy (non-hydrogen) atoms. The molecule has 0 aromatic carbocycles. The summed E-state index contributed by atoms with van der Waals surface area (Å²) < 4.78 is 4.80. The van der Waals surface area contributed by atoms with Crippen molar-refractivity contribution in [1.29, 1.82) is 0 Å². The fourth-order valence-electron chi connectivity index (χ4n) is 2.67. The second-order valence-corrected chi connectivity index (χ2v) is 4.98. The van der Waals surface area contributed by atoms with Gasteiger partial charge in [-0.3, -0.25) is 4.90 Å². The van der Waals surface area contributed by atoms with Crippen LogP contribution in [0.25, 0.3) is 0 Å². The summed E-state index contributed by atoms with van der Waals surface area (Å²) in [4.78, 5) is 14.0. The van der Waals surface area contributed by atoms with E-state index in [9.17, 15) is 4.79 Å². The van der Waals surface area contributed by atoms with Gasteiger partial charge in [-0.25, -0.2) is 4.79 Å². The Morgan fingerprint density at radius 3 is 2.72 bits per heavy atom. The van der Waals surface area contributed by atoms with Crippen molar-refractivity contribution in [2.45, 2.75) is 58.4 Å². The van der Waals surface area contributed by atoms with Crippen molar-refractivity contribution in [3.05, 3.63) is 11.6 Å². The predicted molar refractivity (Wildman–Crippen MR) is 74.5 cm³/mol. The largest absolute Gasteiger partial charge is 0.466 e. The first kappa shape index (κ1) is 15.2. The Morgan fingerprint density at radius 1 is 1.33 bits per heavy atom. The Kier molecular flexibility index (Phi) is 7.02. The molecule has 104 valence electrons. The molecule has 0 saturated carbocycles. The molecule has 3 nitrogen and oxygen atoms in total. The van der Waals surface area contributed by atoms with Crippen LogP contribution >= 0.6 is 0 Å². The minimum absolute atomic E-state index is 0.180. The Balaban J connectivity index is 2.62. The first-order chi connectivity index (χ1) is 8.72. The van der Waals surface area contributed by atoms with Crippen LogP contribution in [-0.2, 0) is 9.53 Å². The van der Waals surface area contributed by atoms with Crippen LogP contribution in [0.15, 0.2) is 11.6 Å². The number of methoxy groups -OCH3 is 1. The summed E-state index contributed by atoms with van der Waals surface area (Å²) in [6.45, 7) is 6.31. The normalized spacial score (nSPS) is 22.6. The van der Waals surface area contributed by atoms with Crippen molar-refractivity contribution in [1.82, 2.24) is 4.90 Å². The van der Waals surface area contributed by atoms with Gasteiger partial charge < -0.3 is 4.74 Å². The molecule has 0 radical (unpaired) electrons. The highest BCUT2D eigenvalue weighted by molar-refractivity contribution is 5.88. The number of carbonyl (C=O) groups excluding carboxylic acids is 1. The molecule has 0 amide bonds. The number of ether oxygens (including phenoxy) is 1. The highest BCUT2D eigenvalue weighted by Gasteiger charge is 2.18. The number of rotatable bonds is 5. The Bertz CT molecular complexity index is 286. The van der Waals surface area contributed by atoms with Crippen molar-refractivity contribution in [2.75, 3.05) is 20.2 Å². The van der Waals surface area contributed by atoms with E-state index in [1.165, 1.54) is 39.2 Å². The molecule has 0 bridgehead atoms. The van der Waals surface area contributed by atoms with E-state index in [0.717, 1.165) is 25.1 Å². The van der Waals surface area contributed by atoms with Crippen LogP contribution in [0.1, 0.15) is 52.4 Å². The molecule has 1 aliphatic rings. The molecule has 0 N–H and O–H groups in total. The van der Waals surface area contributed by atoms with Crippen molar-refractivity contribution in [3.8, 4) is 0 Å². The lowest BCUT2D eigenvalue weighted by Crippen LogP contribution is -2.34. The monoisotopic (exact) mass is 253 g/mol. The highest BCUT2D eigenvalue weighted by atomic mass is 16.5. The second-order valence-electron chi connectivity index (χ2n) is 4.98. The average molecular weight is 253 g/mol. The van der Waals surface area contributed by atoms with Crippen molar-refractivity contribution < 1.29 is 9.53 Å². The van der Waals surface area contributed by atoms with Gasteiger partial charge in [0.05, 0.1) is 7.11 Å². The van der Waals surface area contributed by atoms with E-state index in [0.29, 0.717) is 6.04 Å². The summed E-state index contributed by atoms with van der Waals surface area (Å²) in [6, 6.07) is 0.680.